The van der Waals surface area contributed by atoms with Crippen molar-refractivity contribution in [1.29, 1.82) is 0 Å². The van der Waals surface area contributed by atoms with Gasteiger partial charge in [0.05, 0.1) is 6.61 Å². The Morgan fingerprint density at radius 2 is 2.25 bits per heavy atom. The molecule has 1 atom stereocenters. The summed E-state index contributed by atoms with van der Waals surface area (Å²) in [5, 5.41) is 8.98. The lowest BCUT2D eigenvalue weighted by atomic mass is 10.1. The van der Waals surface area contributed by atoms with E-state index in [4.69, 9.17) is 9.84 Å². The number of ether oxygens (including phenoxy) is 1. The van der Waals surface area contributed by atoms with E-state index in [1.807, 2.05) is 4.90 Å². The Morgan fingerprint density at radius 1 is 1.50 bits per heavy atom. The van der Waals surface area contributed by atoms with E-state index in [9.17, 15) is 4.79 Å². The van der Waals surface area contributed by atoms with Gasteiger partial charge >= 0.3 is 5.97 Å². The number of aliphatic carboxylic acids is 1. The fourth-order valence-corrected chi connectivity index (χ4v) is 1.98. The van der Waals surface area contributed by atoms with Crippen molar-refractivity contribution in [1.82, 2.24) is 4.90 Å². The molecule has 1 aliphatic rings. The van der Waals surface area contributed by atoms with Gasteiger partial charge in [-0.2, -0.15) is 0 Å². The number of carboxylic acid groups (broad SMARTS) is 1. The van der Waals surface area contributed by atoms with Gasteiger partial charge in [-0.05, 0) is 31.7 Å². The maximum Gasteiger partial charge on any atom is 0.320 e. The third-order valence-corrected chi connectivity index (χ3v) is 3.01. The number of rotatable bonds is 7. The third kappa shape index (κ3) is 4.49. The molecule has 4 heteroatoms. The molecule has 94 valence electrons. The van der Waals surface area contributed by atoms with Crippen LogP contribution in [0.4, 0.5) is 0 Å². The number of likely N-dealkylation sites (tertiary alicyclic amines) is 1. The molecule has 1 N–H and O–H groups in total. The Morgan fingerprint density at radius 3 is 2.88 bits per heavy atom. The first-order valence-electron chi connectivity index (χ1n) is 6.16. The molecular formula is C12H23NO3. The number of hydrogen-bond acceptors (Lipinski definition) is 3. The highest BCUT2D eigenvalue weighted by molar-refractivity contribution is 5.73. The maximum atomic E-state index is 10.9. The van der Waals surface area contributed by atoms with Crippen molar-refractivity contribution in [2.45, 2.75) is 39.2 Å². The van der Waals surface area contributed by atoms with Gasteiger partial charge in [0.15, 0.2) is 0 Å². The highest BCUT2D eigenvalue weighted by Crippen LogP contribution is 2.16. The zero-order chi connectivity index (χ0) is 12.0. The van der Waals surface area contributed by atoms with E-state index >= 15 is 0 Å². The minimum atomic E-state index is -0.695. The van der Waals surface area contributed by atoms with Crippen LogP contribution in [0.5, 0.6) is 0 Å². The predicted octanol–water partition coefficient (Wildman–Crippen LogP) is 1.60. The monoisotopic (exact) mass is 229 g/mol. The number of carbonyl (C=O) groups is 1. The molecule has 0 unspecified atom stereocenters. The molecular weight excluding hydrogens is 206 g/mol. The van der Waals surface area contributed by atoms with E-state index in [0.717, 1.165) is 39.0 Å². The van der Waals surface area contributed by atoms with Crippen LogP contribution in [-0.4, -0.2) is 48.3 Å². The van der Waals surface area contributed by atoms with Gasteiger partial charge in [0.25, 0.3) is 0 Å². The first-order chi connectivity index (χ1) is 7.61. The van der Waals surface area contributed by atoms with E-state index in [2.05, 4.69) is 13.8 Å². The Labute approximate surface area is 97.6 Å². The lowest BCUT2D eigenvalue weighted by Gasteiger charge is -2.20. The average molecular weight is 229 g/mol. The van der Waals surface area contributed by atoms with Crippen LogP contribution in [0.1, 0.15) is 33.1 Å². The second kappa shape index (κ2) is 6.86. The molecule has 0 aliphatic carbocycles. The molecule has 0 aromatic heterocycles. The van der Waals surface area contributed by atoms with E-state index in [0.29, 0.717) is 12.5 Å². The van der Waals surface area contributed by atoms with Crippen LogP contribution >= 0.6 is 0 Å². The zero-order valence-corrected chi connectivity index (χ0v) is 10.3. The Bertz CT molecular complexity index is 218. The summed E-state index contributed by atoms with van der Waals surface area (Å²) >= 11 is 0. The van der Waals surface area contributed by atoms with Crippen LogP contribution < -0.4 is 0 Å². The number of hydrogen-bond donors (Lipinski definition) is 1. The summed E-state index contributed by atoms with van der Waals surface area (Å²) in [4.78, 5) is 12.9. The Hall–Kier alpha value is -0.610. The van der Waals surface area contributed by atoms with E-state index < -0.39 is 5.97 Å². The Kier molecular flexibility index (Phi) is 5.77. The molecule has 0 aromatic rings. The molecule has 0 spiro atoms. The van der Waals surface area contributed by atoms with Gasteiger partial charge in [-0.25, -0.2) is 0 Å². The van der Waals surface area contributed by atoms with Crippen molar-refractivity contribution in [2.24, 2.45) is 5.92 Å². The lowest BCUT2D eigenvalue weighted by Crippen LogP contribution is -2.38. The smallest absolute Gasteiger partial charge is 0.320 e. The minimum Gasteiger partial charge on any atom is -0.480 e. The lowest BCUT2D eigenvalue weighted by molar-refractivity contribution is -0.142. The van der Waals surface area contributed by atoms with E-state index in [1.165, 1.54) is 0 Å². The summed E-state index contributed by atoms with van der Waals surface area (Å²) in [6, 6.07) is -0.284. The summed E-state index contributed by atoms with van der Waals surface area (Å²) in [6.07, 6.45) is 2.84. The zero-order valence-electron chi connectivity index (χ0n) is 10.3. The molecule has 0 aromatic carbocycles. The summed E-state index contributed by atoms with van der Waals surface area (Å²) in [5.41, 5.74) is 0. The van der Waals surface area contributed by atoms with Crippen molar-refractivity contribution >= 4 is 5.97 Å². The van der Waals surface area contributed by atoms with E-state index in [1.54, 1.807) is 0 Å². The first-order valence-corrected chi connectivity index (χ1v) is 6.16. The van der Waals surface area contributed by atoms with Crippen LogP contribution in [0.2, 0.25) is 0 Å². The first kappa shape index (κ1) is 13.5. The quantitative estimate of drug-likeness (QED) is 0.674. The highest BCUT2D eigenvalue weighted by atomic mass is 16.5. The van der Waals surface area contributed by atoms with Crippen molar-refractivity contribution in [3.63, 3.8) is 0 Å². The van der Waals surface area contributed by atoms with Gasteiger partial charge in [-0.3, -0.25) is 9.69 Å². The van der Waals surface area contributed by atoms with Crippen molar-refractivity contribution < 1.29 is 14.6 Å². The van der Waals surface area contributed by atoms with Crippen LogP contribution in [0.25, 0.3) is 0 Å². The molecule has 1 rings (SSSR count). The van der Waals surface area contributed by atoms with Crippen LogP contribution in [0.3, 0.4) is 0 Å². The van der Waals surface area contributed by atoms with Gasteiger partial charge in [-0.1, -0.05) is 13.8 Å². The molecule has 4 nitrogen and oxygen atoms in total. The van der Waals surface area contributed by atoms with Crippen LogP contribution in [0, 0.1) is 5.92 Å². The molecule has 0 radical (unpaired) electrons. The molecule has 1 saturated heterocycles. The number of carboxylic acids is 1. The predicted molar refractivity (Wildman–Crippen MR) is 62.5 cm³/mol. The SMILES string of the molecule is CC(C)CCOCCN1CCC[C@@H]1C(=O)O. The fourth-order valence-electron chi connectivity index (χ4n) is 1.98. The van der Waals surface area contributed by atoms with Crippen molar-refractivity contribution in [3.05, 3.63) is 0 Å². The molecule has 0 saturated carbocycles. The maximum absolute atomic E-state index is 10.9. The highest BCUT2D eigenvalue weighted by Gasteiger charge is 2.29. The summed E-state index contributed by atoms with van der Waals surface area (Å²) in [6.45, 7) is 7.41. The van der Waals surface area contributed by atoms with Crippen molar-refractivity contribution in [2.75, 3.05) is 26.3 Å². The van der Waals surface area contributed by atoms with Gasteiger partial charge in [0.2, 0.25) is 0 Å². The average Bonchev–Trinajstić information content (AvgIpc) is 2.65. The minimum absolute atomic E-state index is 0.284. The second-order valence-electron chi connectivity index (χ2n) is 4.83. The fraction of sp³-hybridized carbons (Fsp3) is 0.917. The molecule has 16 heavy (non-hydrogen) atoms. The third-order valence-electron chi connectivity index (χ3n) is 3.01. The second-order valence-corrected chi connectivity index (χ2v) is 4.83. The van der Waals surface area contributed by atoms with E-state index in [-0.39, 0.29) is 6.04 Å². The number of nitrogens with zero attached hydrogens (tertiary/aromatic N) is 1. The van der Waals surface area contributed by atoms with Crippen molar-refractivity contribution in [3.8, 4) is 0 Å². The van der Waals surface area contributed by atoms with Gasteiger partial charge < -0.3 is 9.84 Å². The van der Waals surface area contributed by atoms with Crippen LogP contribution in [0.15, 0.2) is 0 Å². The summed E-state index contributed by atoms with van der Waals surface area (Å²) in [5.74, 6) is -0.0294. The molecule has 0 amide bonds. The standard InChI is InChI=1S/C12H23NO3/c1-10(2)5-8-16-9-7-13-6-3-4-11(13)12(14)15/h10-11H,3-9H2,1-2H3,(H,14,15)/t11-/m1/s1. The topological polar surface area (TPSA) is 49.8 Å². The molecule has 1 fully saturated rings. The van der Waals surface area contributed by atoms with Gasteiger partial charge in [0, 0.05) is 13.2 Å². The normalized spacial score (nSPS) is 21.8. The largest absolute Gasteiger partial charge is 0.480 e. The summed E-state index contributed by atoms with van der Waals surface area (Å²) in [7, 11) is 0. The van der Waals surface area contributed by atoms with Gasteiger partial charge in [-0.15, -0.1) is 0 Å². The van der Waals surface area contributed by atoms with Gasteiger partial charge in [0.1, 0.15) is 6.04 Å². The summed E-state index contributed by atoms with van der Waals surface area (Å²) < 4.78 is 5.50. The molecule has 1 aliphatic heterocycles. The Balaban J connectivity index is 2.10. The molecule has 0 bridgehead atoms. The molecule has 1 heterocycles. The van der Waals surface area contributed by atoms with Crippen LogP contribution in [-0.2, 0) is 9.53 Å².